The summed E-state index contributed by atoms with van der Waals surface area (Å²) >= 11 is 7.46. The molecule has 0 bridgehead atoms. The van der Waals surface area contributed by atoms with E-state index in [9.17, 15) is 13.2 Å². The topological polar surface area (TPSA) is 75.3 Å². The lowest BCUT2D eigenvalue weighted by Crippen LogP contribution is -2.22. The van der Waals surface area contributed by atoms with Crippen molar-refractivity contribution in [3.63, 3.8) is 0 Å². The summed E-state index contributed by atoms with van der Waals surface area (Å²) in [7, 11) is -3.79. The number of benzene rings is 3. The Bertz CT molecular complexity index is 1090. The summed E-state index contributed by atoms with van der Waals surface area (Å²) in [5.74, 6) is -0.163. The molecule has 0 aliphatic carbocycles. The van der Waals surface area contributed by atoms with Crippen LogP contribution < -0.4 is 10.0 Å². The average Bonchev–Trinajstić information content (AvgIpc) is 2.71. The summed E-state index contributed by atoms with van der Waals surface area (Å²) in [6.07, 6.45) is 0. The Kier molecular flexibility index (Phi) is 6.84. The van der Waals surface area contributed by atoms with Gasteiger partial charge in [0, 0.05) is 10.6 Å². The zero-order valence-corrected chi connectivity index (χ0v) is 17.9. The summed E-state index contributed by atoms with van der Waals surface area (Å²) in [6.45, 7) is 1.82. The Morgan fingerprint density at radius 3 is 2.21 bits per heavy atom. The molecule has 0 aliphatic heterocycles. The predicted octanol–water partition coefficient (Wildman–Crippen LogP) is 5.26. The van der Waals surface area contributed by atoms with Gasteiger partial charge in [-0.15, -0.1) is 11.8 Å². The van der Waals surface area contributed by atoms with Crippen LogP contribution in [0, 0.1) is 0 Å². The van der Waals surface area contributed by atoms with E-state index in [1.54, 1.807) is 36.4 Å². The number of rotatable bonds is 7. The summed E-state index contributed by atoms with van der Waals surface area (Å²) in [5, 5.41) is 2.81. The third-order valence-electron chi connectivity index (χ3n) is 3.98. The number of carbonyl (C=O) groups is 1. The number of thioether (sulfide) groups is 1. The fourth-order valence-electron chi connectivity index (χ4n) is 2.47. The zero-order valence-electron chi connectivity index (χ0n) is 15.5. The van der Waals surface area contributed by atoms with Crippen LogP contribution in [0.3, 0.4) is 0 Å². The largest absolute Gasteiger partial charge is 0.325 e. The van der Waals surface area contributed by atoms with Gasteiger partial charge in [-0.25, -0.2) is 8.42 Å². The maximum absolute atomic E-state index is 12.5. The van der Waals surface area contributed by atoms with Crippen molar-refractivity contribution in [3.05, 3.63) is 83.9 Å². The van der Waals surface area contributed by atoms with Crippen LogP contribution in [0.15, 0.2) is 88.7 Å². The highest BCUT2D eigenvalue weighted by molar-refractivity contribution is 8.00. The van der Waals surface area contributed by atoms with Gasteiger partial charge in [-0.05, 0) is 55.5 Å². The molecule has 0 spiro atoms. The van der Waals surface area contributed by atoms with Gasteiger partial charge in [0.15, 0.2) is 0 Å². The van der Waals surface area contributed by atoms with Crippen molar-refractivity contribution in [1.29, 1.82) is 0 Å². The highest BCUT2D eigenvalue weighted by Gasteiger charge is 2.17. The lowest BCUT2D eigenvalue weighted by atomic mass is 10.3. The molecule has 0 saturated heterocycles. The van der Waals surface area contributed by atoms with Crippen LogP contribution in [-0.4, -0.2) is 19.6 Å². The van der Waals surface area contributed by atoms with Crippen LogP contribution in [0.25, 0.3) is 0 Å². The second-order valence-corrected chi connectivity index (χ2v) is 9.68. The standard InChI is InChI=1S/C21H19ClN2O3S2/c1-15(28-17-7-3-2-4-8-17)21(25)23-16-11-13-18(14-12-16)29(26,27)24-20-10-6-5-9-19(20)22/h2-15,24H,1H3,(H,23,25). The molecule has 1 amide bonds. The fraction of sp³-hybridized carbons (Fsp3) is 0.0952. The van der Waals surface area contributed by atoms with E-state index in [1.165, 1.54) is 23.9 Å². The van der Waals surface area contributed by atoms with E-state index in [4.69, 9.17) is 11.6 Å². The summed E-state index contributed by atoms with van der Waals surface area (Å²) in [5.41, 5.74) is 0.825. The third kappa shape index (κ3) is 5.76. The van der Waals surface area contributed by atoms with Crippen LogP contribution in [-0.2, 0) is 14.8 Å². The Morgan fingerprint density at radius 1 is 0.931 bits per heavy atom. The minimum Gasteiger partial charge on any atom is -0.325 e. The Hall–Kier alpha value is -2.48. The van der Waals surface area contributed by atoms with Gasteiger partial charge in [0.2, 0.25) is 5.91 Å². The first kappa shape index (κ1) is 21.2. The molecule has 150 valence electrons. The van der Waals surface area contributed by atoms with Crippen LogP contribution in [0.4, 0.5) is 11.4 Å². The van der Waals surface area contributed by atoms with Crippen molar-refractivity contribution >= 4 is 50.7 Å². The SMILES string of the molecule is CC(Sc1ccccc1)C(=O)Nc1ccc(S(=O)(=O)Nc2ccccc2Cl)cc1. The number of amides is 1. The monoisotopic (exact) mass is 446 g/mol. The van der Waals surface area contributed by atoms with Crippen LogP contribution in [0.5, 0.6) is 0 Å². The lowest BCUT2D eigenvalue weighted by Gasteiger charge is -2.13. The van der Waals surface area contributed by atoms with Crippen molar-refractivity contribution in [2.75, 3.05) is 10.0 Å². The number of nitrogens with one attached hydrogen (secondary N) is 2. The van der Waals surface area contributed by atoms with Crippen LogP contribution in [0.1, 0.15) is 6.92 Å². The second kappa shape index (κ2) is 9.35. The number of halogens is 1. The minimum atomic E-state index is -3.79. The molecule has 2 N–H and O–H groups in total. The van der Waals surface area contributed by atoms with Gasteiger partial charge < -0.3 is 5.32 Å². The lowest BCUT2D eigenvalue weighted by molar-refractivity contribution is -0.115. The second-order valence-electron chi connectivity index (χ2n) is 6.17. The molecular formula is C21H19ClN2O3S2. The van der Waals surface area contributed by atoms with Gasteiger partial charge >= 0.3 is 0 Å². The average molecular weight is 447 g/mol. The van der Waals surface area contributed by atoms with Gasteiger partial charge in [0.05, 0.1) is 20.9 Å². The predicted molar refractivity (Wildman–Crippen MR) is 119 cm³/mol. The van der Waals surface area contributed by atoms with E-state index in [-0.39, 0.29) is 16.1 Å². The number of carbonyl (C=O) groups excluding carboxylic acids is 1. The molecule has 3 aromatic rings. The zero-order chi connectivity index (χ0) is 20.9. The van der Waals surface area contributed by atoms with E-state index in [0.29, 0.717) is 16.4 Å². The molecule has 8 heteroatoms. The first-order chi connectivity index (χ1) is 13.8. The maximum Gasteiger partial charge on any atom is 0.261 e. The summed E-state index contributed by atoms with van der Waals surface area (Å²) in [6, 6.07) is 22.2. The molecule has 0 radical (unpaired) electrons. The Labute approximate surface area is 179 Å². The van der Waals surface area contributed by atoms with E-state index in [1.807, 2.05) is 37.3 Å². The van der Waals surface area contributed by atoms with E-state index in [0.717, 1.165) is 4.90 Å². The molecule has 0 aromatic heterocycles. The van der Waals surface area contributed by atoms with Crippen LogP contribution >= 0.6 is 23.4 Å². The molecule has 29 heavy (non-hydrogen) atoms. The highest BCUT2D eigenvalue weighted by atomic mass is 35.5. The van der Waals surface area contributed by atoms with E-state index in [2.05, 4.69) is 10.0 Å². The Balaban J connectivity index is 1.65. The molecule has 3 rings (SSSR count). The minimum absolute atomic E-state index is 0.0714. The van der Waals surface area contributed by atoms with Gasteiger partial charge in [0.1, 0.15) is 0 Å². The number of sulfonamides is 1. The molecular weight excluding hydrogens is 428 g/mol. The molecule has 3 aromatic carbocycles. The van der Waals surface area contributed by atoms with Crippen LogP contribution in [0.2, 0.25) is 5.02 Å². The van der Waals surface area contributed by atoms with E-state index >= 15 is 0 Å². The van der Waals surface area contributed by atoms with Crippen molar-refractivity contribution < 1.29 is 13.2 Å². The Morgan fingerprint density at radius 2 is 1.55 bits per heavy atom. The van der Waals surface area contributed by atoms with E-state index < -0.39 is 10.0 Å². The number of para-hydroxylation sites is 1. The number of hydrogen-bond acceptors (Lipinski definition) is 4. The smallest absolute Gasteiger partial charge is 0.261 e. The molecule has 0 aliphatic rings. The van der Waals surface area contributed by atoms with Crippen molar-refractivity contribution in [3.8, 4) is 0 Å². The molecule has 5 nitrogen and oxygen atoms in total. The van der Waals surface area contributed by atoms with Gasteiger partial charge in [-0.2, -0.15) is 0 Å². The van der Waals surface area contributed by atoms with Gasteiger partial charge in [-0.3, -0.25) is 9.52 Å². The maximum atomic E-state index is 12.5. The molecule has 1 atom stereocenters. The van der Waals surface area contributed by atoms with Gasteiger partial charge in [-0.1, -0.05) is 41.9 Å². The molecule has 1 unspecified atom stereocenters. The molecule has 0 heterocycles. The van der Waals surface area contributed by atoms with Crippen molar-refractivity contribution in [2.24, 2.45) is 0 Å². The fourth-order valence-corrected chi connectivity index (χ4v) is 4.67. The van der Waals surface area contributed by atoms with Crippen molar-refractivity contribution in [2.45, 2.75) is 22.0 Å². The van der Waals surface area contributed by atoms with Crippen molar-refractivity contribution in [1.82, 2.24) is 0 Å². The third-order valence-corrected chi connectivity index (χ3v) is 6.80. The summed E-state index contributed by atoms with van der Waals surface area (Å²) < 4.78 is 27.5. The quantitative estimate of drug-likeness (QED) is 0.485. The number of hydrogen-bond donors (Lipinski definition) is 2. The highest BCUT2D eigenvalue weighted by Crippen LogP contribution is 2.26. The molecule has 0 saturated carbocycles. The molecule has 0 fully saturated rings. The first-order valence-electron chi connectivity index (χ1n) is 8.75. The van der Waals surface area contributed by atoms with Gasteiger partial charge in [0.25, 0.3) is 10.0 Å². The first-order valence-corrected chi connectivity index (χ1v) is 11.5. The normalized spacial score (nSPS) is 12.2. The number of anilines is 2. The summed E-state index contributed by atoms with van der Waals surface area (Å²) in [4.78, 5) is 13.5.